The number of hydrogen-bond donors (Lipinski definition) is 0. The summed E-state index contributed by atoms with van der Waals surface area (Å²) in [5, 5.41) is 1.95. The molecular formula is C18H19N5OS. The molecule has 1 amide bonds. The lowest BCUT2D eigenvalue weighted by Gasteiger charge is -2.34. The van der Waals surface area contributed by atoms with Crippen LogP contribution in [0.4, 0.5) is 0 Å². The molecule has 3 aromatic heterocycles. The Morgan fingerprint density at radius 1 is 1.04 bits per heavy atom. The topological polar surface area (TPSA) is 54.3 Å². The molecule has 0 aromatic carbocycles. The molecule has 4 rings (SSSR count). The summed E-state index contributed by atoms with van der Waals surface area (Å²) >= 11 is 1.51. The summed E-state index contributed by atoms with van der Waals surface area (Å²) in [6, 6.07) is 9.75. The predicted octanol–water partition coefficient (Wildman–Crippen LogP) is 2.29. The Kier molecular flexibility index (Phi) is 4.58. The quantitative estimate of drug-likeness (QED) is 0.722. The largest absolute Gasteiger partial charge is 0.335 e. The molecule has 0 N–H and O–H groups in total. The maximum absolute atomic E-state index is 12.4. The van der Waals surface area contributed by atoms with Gasteiger partial charge in [0.15, 0.2) is 0 Å². The molecule has 4 heterocycles. The predicted molar refractivity (Wildman–Crippen MR) is 96.9 cm³/mol. The van der Waals surface area contributed by atoms with Crippen LogP contribution in [0.5, 0.6) is 0 Å². The number of nitrogens with zero attached hydrogens (tertiary/aromatic N) is 5. The fourth-order valence-corrected chi connectivity index (χ4v) is 3.74. The second-order valence-corrected chi connectivity index (χ2v) is 6.91. The first-order chi connectivity index (χ1) is 12.3. The zero-order chi connectivity index (χ0) is 17.1. The van der Waals surface area contributed by atoms with Crippen molar-refractivity contribution in [2.45, 2.75) is 6.54 Å². The molecule has 25 heavy (non-hydrogen) atoms. The second kappa shape index (κ2) is 7.16. The van der Waals surface area contributed by atoms with Crippen molar-refractivity contribution in [1.29, 1.82) is 0 Å². The van der Waals surface area contributed by atoms with Gasteiger partial charge in [0.05, 0.1) is 4.88 Å². The molecular weight excluding hydrogens is 334 g/mol. The van der Waals surface area contributed by atoms with E-state index in [2.05, 4.69) is 20.9 Å². The summed E-state index contributed by atoms with van der Waals surface area (Å²) in [5.41, 5.74) is 1.16. The van der Waals surface area contributed by atoms with E-state index in [0.717, 1.165) is 43.3 Å². The SMILES string of the molecule is O=C(c1cccs1)N1CCN(Cc2cccn2-c2ncccn2)CC1. The summed E-state index contributed by atoms with van der Waals surface area (Å²) in [6.07, 6.45) is 5.49. The third-order valence-corrected chi connectivity index (χ3v) is 5.24. The molecule has 1 aliphatic heterocycles. The van der Waals surface area contributed by atoms with Crippen LogP contribution in [-0.2, 0) is 6.54 Å². The van der Waals surface area contributed by atoms with Gasteiger partial charge in [0.25, 0.3) is 5.91 Å². The summed E-state index contributed by atoms with van der Waals surface area (Å²) in [7, 11) is 0. The van der Waals surface area contributed by atoms with E-state index >= 15 is 0 Å². The van der Waals surface area contributed by atoms with E-state index in [-0.39, 0.29) is 5.91 Å². The van der Waals surface area contributed by atoms with E-state index in [9.17, 15) is 4.79 Å². The van der Waals surface area contributed by atoms with Crippen LogP contribution in [-0.4, -0.2) is 56.4 Å². The van der Waals surface area contributed by atoms with E-state index in [1.54, 1.807) is 12.4 Å². The summed E-state index contributed by atoms with van der Waals surface area (Å²) in [6.45, 7) is 4.10. The van der Waals surface area contributed by atoms with Crippen LogP contribution in [0, 0.1) is 0 Å². The molecule has 0 saturated carbocycles. The maximum atomic E-state index is 12.4. The van der Waals surface area contributed by atoms with Gasteiger partial charge in [-0.05, 0) is 29.6 Å². The van der Waals surface area contributed by atoms with Crippen molar-refractivity contribution in [2.75, 3.05) is 26.2 Å². The fraction of sp³-hybridized carbons (Fsp3) is 0.278. The lowest BCUT2D eigenvalue weighted by Crippen LogP contribution is -2.48. The summed E-state index contributed by atoms with van der Waals surface area (Å²) < 4.78 is 2.02. The Labute approximate surface area is 150 Å². The van der Waals surface area contributed by atoms with Crippen LogP contribution in [0.1, 0.15) is 15.4 Å². The number of hydrogen-bond acceptors (Lipinski definition) is 5. The monoisotopic (exact) mass is 353 g/mol. The highest BCUT2D eigenvalue weighted by Gasteiger charge is 2.23. The van der Waals surface area contributed by atoms with E-state index in [4.69, 9.17) is 0 Å². The van der Waals surface area contributed by atoms with Gasteiger partial charge < -0.3 is 4.90 Å². The summed E-state index contributed by atoms with van der Waals surface area (Å²) in [5.74, 6) is 0.838. The number of thiophene rings is 1. The maximum Gasteiger partial charge on any atom is 0.264 e. The first kappa shape index (κ1) is 16.0. The summed E-state index contributed by atoms with van der Waals surface area (Å²) in [4.78, 5) is 26.2. The standard InChI is InChI=1S/C18H19N5OS/c24-17(16-5-2-13-25-16)22-11-9-21(10-12-22)14-15-4-1-8-23(15)18-19-6-3-7-20-18/h1-8,13H,9-12,14H2. The van der Waals surface area contributed by atoms with Crippen molar-refractivity contribution in [3.8, 4) is 5.95 Å². The molecule has 0 bridgehead atoms. The van der Waals surface area contributed by atoms with Gasteiger partial charge in [-0.3, -0.25) is 14.3 Å². The van der Waals surface area contributed by atoms with Crippen LogP contribution < -0.4 is 0 Å². The number of rotatable bonds is 4. The molecule has 0 spiro atoms. The van der Waals surface area contributed by atoms with E-state index < -0.39 is 0 Å². The van der Waals surface area contributed by atoms with Crippen molar-refractivity contribution in [3.63, 3.8) is 0 Å². The van der Waals surface area contributed by atoms with E-state index in [1.807, 2.05) is 45.3 Å². The van der Waals surface area contributed by atoms with Crippen molar-refractivity contribution >= 4 is 17.2 Å². The Morgan fingerprint density at radius 3 is 2.56 bits per heavy atom. The lowest BCUT2D eigenvalue weighted by atomic mass is 10.2. The lowest BCUT2D eigenvalue weighted by molar-refractivity contribution is 0.0631. The Balaban J connectivity index is 1.38. The zero-order valence-corrected chi connectivity index (χ0v) is 14.6. The van der Waals surface area contributed by atoms with Gasteiger partial charge in [0.2, 0.25) is 5.95 Å². The normalized spacial score (nSPS) is 15.4. The van der Waals surface area contributed by atoms with Crippen LogP contribution in [0.15, 0.2) is 54.3 Å². The molecule has 6 nitrogen and oxygen atoms in total. The van der Waals surface area contributed by atoms with Gasteiger partial charge in [-0.15, -0.1) is 11.3 Å². The molecule has 0 atom stereocenters. The smallest absolute Gasteiger partial charge is 0.264 e. The van der Waals surface area contributed by atoms with Crippen LogP contribution in [0.3, 0.4) is 0 Å². The molecule has 3 aromatic rings. The van der Waals surface area contributed by atoms with Crippen molar-refractivity contribution in [3.05, 3.63) is 64.9 Å². The highest BCUT2D eigenvalue weighted by molar-refractivity contribution is 7.12. The van der Waals surface area contributed by atoms with Gasteiger partial charge in [0.1, 0.15) is 0 Å². The van der Waals surface area contributed by atoms with Crippen LogP contribution >= 0.6 is 11.3 Å². The minimum absolute atomic E-state index is 0.149. The van der Waals surface area contributed by atoms with Crippen molar-refractivity contribution in [1.82, 2.24) is 24.3 Å². The molecule has 0 unspecified atom stereocenters. The molecule has 1 fully saturated rings. The first-order valence-electron chi connectivity index (χ1n) is 8.30. The minimum atomic E-state index is 0.149. The number of aromatic nitrogens is 3. The zero-order valence-electron chi connectivity index (χ0n) is 13.8. The van der Waals surface area contributed by atoms with Gasteiger partial charge in [-0.25, -0.2) is 9.97 Å². The Bertz CT molecular complexity index is 822. The second-order valence-electron chi connectivity index (χ2n) is 5.96. The number of carbonyl (C=O) groups excluding carboxylic acids is 1. The first-order valence-corrected chi connectivity index (χ1v) is 9.18. The number of piperazine rings is 1. The third kappa shape index (κ3) is 3.47. The van der Waals surface area contributed by atoms with Crippen molar-refractivity contribution < 1.29 is 4.79 Å². The van der Waals surface area contributed by atoms with Crippen LogP contribution in [0.25, 0.3) is 5.95 Å². The molecule has 128 valence electrons. The molecule has 0 aliphatic carbocycles. The minimum Gasteiger partial charge on any atom is -0.335 e. The highest BCUT2D eigenvalue weighted by Crippen LogP contribution is 2.16. The molecule has 1 saturated heterocycles. The average Bonchev–Trinajstić information content (AvgIpc) is 3.35. The molecule has 1 aliphatic rings. The van der Waals surface area contributed by atoms with Gasteiger partial charge in [0, 0.05) is 57.0 Å². The Hall–Kier alpha value is -2.51. The van der Waals surface area contributed by atoms with Gasteiger partial charge in [-0.1, -0.05) is 6.07 Å². The van der Waals surface area contributed by atoms with E-state index in [1.165, 1.54) is 11.3 Å². The average molecular weight is 353 g/mol. The highest BCUT2D eigenvalue weighted by atomic mass is 32.1. The van der Waals surface area contributed by atoms with Crippen molar-refractivity contribution in [2.24, 2.45) is 0 Å². The van der Waals surface area contributed by atoms with Gasteiger partial charge >= 0.3 is 0 Å². The number of carbonyl (C=O) groups is 1. The van der Waals surface area contributed by atoms with Crippen LogP contribution in [0.2, 0.25) is 0 Å². The molecule has 7 heteroatoms. The number of amides is 1. The Morgan fingerprint density at radius 2 is 1.84 bits per heavy atom. The van der Waals surface area contributed by atoms with Gasteiger partial charge in [-0.2, -0.15) is 0 Å². The fourth-order valence-electron chi connectivity index (χ4n) is 3.05. The third-order valence-electron chi connectivity index (χ3n) is 4.38. The molecule has 0 radical (unpaired) electrons. The van der Waals surface area contributed by atoms with E-state index in [0.29, 0.717) is 5.95 Å².